The Labute approximate surface area is 129 Å². The molecule has 0 radical (unpaired) electrons. The summed E-state index contributed by atoms with van der Waals surface area (Å²) < 4.78 is 5.98. The second-order valence-corrected chi connectivity index (χ2v) is 5.57. The second-order valence-electron chi connectivity index (χ2n) is 4.76. The zero-order valence-corrected chi connectivity index (χ0v) is 13.3. The smallest absolute Gasteiger partial charge is 0.133 e. The van der Waals surface area contributed by atoms with Crippen LogP contribution >= 0.6 is 23.2 Å². The molecule has 0 heterocycles. The van der Waals surface area contributed by atoms with E-state index in [0.29, 0.717) is 5.02 Å². The molecule has 2 aromatic rings. The number of nitrogens with one attached hydrogen (secondary N) is 1. The first-order valence-corrected chi connectivity index (χ1v) is 7.14. The maximum Gasteiger partial charge on any atom is 0.133 e. The molecule has 4 heteroatoms. The molecule has 0 amide bonds. The number of hydrogen-bond donors (Lipinski definition) is 1. The maximum absolute atomic E-state index is 6.17. The molecule has 20 heavy (non-hydrogen) atoms. The number of ether oxygens (including phenoxy) is 1. The third kappa shape index (κ3) is 3.45. The van der Waals surface area contributed by atoms with Crippen molar-refractivity contribution >= 4 is 23.2 Å². The summed E-state index contributed by atoms with van der Waals surface area (Å²) in [6.07, 6.45) is 0. The molecule has 106 valence electrons. The van der Waals surface area contributed by atoms with Crippen molar-refractivity contribution in [3.05, 3.63) is 57.1 Å². The van der Waals surface area contributed by atoms with Crippen molar-refractivity contribution in [1.29, 1.82) is 0 Å². The van der Waals surface area contributed by atoms with Crippen LogP contribution in [0.4, 0.5) is 0 Å². The van der Waals surface area contributed by atoms with Crippen molar-refractivity contribution in [3.63, 3.8) is 0 Å². The summed E-state index contributed by atoms with van der Waals surface area (Å²) in [6.45, 7) is 4.65. The summed E-state index contributed by atoms with van der Waals surface area (Å²) in [5, 5.41) is 4.55. The van der Waals surface area contributed by atoms with Crippen LogP contribution in [-0.2, 0) is 6.54 Å². The van der Waals surface area contributed by atoms with Gasteiger partial charge in [-0.15, -0.1) is 0 Å². The second kappa shape index (κ2) is 6.49. The summed E-state index contributed by atoms with van der Waals surface area (Å²) in [4.78, 5) is 0. The lowest BCUT2D eigenvalue weighted by Gasteiger charge is -2.13. The van der Waals surface area contributed by atoms with Crippen LogP contribution in [0.1, 0.15) is 16.7 Å². The maximum atomic E-state index is 6.17. The minimum absolute atomic E-state index is 0.655. The van der Waals surface area contributed by atoms with Gasteiger partial charge >= 0.3 is 0 Å². The Hall–Kier alpha value is -1.22. The molecule has 0 aromatic heterocycles. The summed E-state index contributed by atoms with van der Waals surface area (Å²) in [7, 11) is 1.90. The third-order valence-electron chi connectivity index (χ3n) is 3.03. The molecule has 2 aromatic carbocycles. The van der Waals surface area contributed by atoms with Gasteiger partial charge in [-0.2, -0.15) is 0 Å². The fourth-order valence-electron chi connectivity index (χ4n) is 2.05. The minimum Gasteiger partial charge on any atom is -0.457 e. The predicted octanol–water partition coefficient (Wildman–Crippen LogP) is 5.12. The van der Waals surface area contributed by atoms with Gasteiger partial charge in [-0.25, -0.2) is 0 Å². The van der Waals surface area contributed by atoms with Crippen molar-refractivity contribution in [2.24, 2.45) is 0 Å². The van der Waals surface area contributed by atoms with E-state index in [4.69, 9.17) is 27.9 Å². The quantitative estimate of drug-likeness (QED) is 0.846. The first kappa shape index (κ1) is 15.2. The van der Waals surface area contributed by atoms with Crippen LogP contribution in [0.25, 0.3) is 0 Å². The summed E-state index contributed by atoms with van der Waals surface area (Å²) >= 11 is 12.2. The zero-order valence-electron chi connectivity index (χ0n) is 11.8. The number of benzene rings is 2. The number of halogens is 2. The minimum atomic E-state index is 0.655. The molecule has 0 aliphatic rings. The summed E-state index contributed by atoms with van der Waals surface area (Å²) in [6, 6.07) is 9.51. The van der Waals surface area contributed by atoms with Crippen LogP contribution in [0.15, 0.2) is 30.3 Å². The molecule has 0 aliphatic heterocycles. The highest BCUT2D eigenvalue weighted by atomic mass is 35.5. The summed E-state index contributed by atoms with van der Waals surface area (Å²) in [5.41, 5.74) is 3.06. The van der Waals surface area contributed by atoms with Gasteiger partial charge in [-0.1, -0.05) is 29.3 Å². The van der Waals surface area contributed by atoms with E-state index < -0.39 is 0 Å². The average Bonchev–Trinajstić information content (AvgIpc) is 2.39. The lowest BCUT2D eigenvalue weighted by Crippen LogP contribution is -2.06. The Bertz CT molecular complexity index is 603. The average molecular weight is 310 g/mol. The molecule has 2 rings (SSSR count). The topological polar surface area (TPSA) is 21.3 Å². The molecular formula is C16H17Cl2NO. The monoisotopic (exact) mass is 309 g/mol. The van der Waals surface area contributed by atoms with Gasteiger partial charge in [0.2, 0.25) is 0 Å². The standard InChI is InChI=1S/C16H17Cl2NO/c1-10-6-14(7-11(2)16(10)18)20-15-8-13(17)5-4-12(15)9-19-3/h4-8,19H,9H2,1-3H3. The van der Waals surface area contributed by atoms with Crippen molar-refractivity contribution in [2.75, 3.05) is 7.05 Å². The van der Waals surface area contributed by atoms with Crippen molar-refractivity contribution in [3.8, 4) is 11.5 Å². The van der Waals surface area contributed by atoms with E-state index >= 15 is 0 Å². The van der Waals surface area contributed by atoms with E-state index in [2.05, 4.69) is 5.32 Å². The molecule has 0 saturated heterocycles. The van der Waals surface area contributed by atoms with Crippen molar-refractivity contribution in [1.82, 2.24) is 5.32 Å². The van der Waals surface area contributed by atoms with E-state index in [0.717, 1.165) is 39.8 Å². The fourth-order valence-corrected chi connectivity index (χ4v) is 2.32. The number of hydrogen-bond acceptors (Lipinski definition) is 2. The molecule has 0 unspecified atom stereocenters. The van der Waals surface area contributed by atoms with E-state index in [1.807, 2.05) is 51.2 Å². The van der Waals surface area contributed by atoms with Crippen LogP contribution in [0, 0.1) is 13.8 Å². The van der Waals surface area contributed by atoms with Gasteiger partial charge in [-0.05, 0) is 56.3 Å². The Balaban J connectivity index is 2.36. The van der Waals surface area contributed by atoms with Gasteiger partial charge in [0.05, 0.1) is 0 Å². The van der Waals surface area contributed by atoms with Gasteiger partial charge < -0.3 is 10.1 Å². The van der Waals surface area contributed by atoms with Gasteiger partial charge in [-0.3, -0.25) is 0 Å². The lowest BCUT2D eigenvalue weighted by atomic mass is 10.1. The first-order chi connectivity index (χ1) is 9.51. The molecule has 0 bridgehead atoms. The lowest BCUT2D eigenvalue weighted by molar-refractivity contribution is 0.473. The van der Waals surface area contributed by atoms with Gasteiger partial charge in [0, 0.05) is 22.2 Å². The van der Waals surface area contributed by atoms with E-state index in [-0.39, 0.29) is 0 Å². The third-order valence-corrected chi connectivity index (χ3v) is 3.87. The SMILES string of the molecule is CNCc1ccc(Cl)cc1Oc1cc(C)c(Cl)c(C)c1. The molecule has 0 fully saturated rings. The molecular weight excluding hydrogens is 293 g/mol. The van der Waals surface area contributed by atoms with Gasteiger partial charge in [0.25, 0.3) is 0 Å². The number of aryl methyl sites for hydroxylation is 2. The van der Waals surface area contributed by atoms with Gasteiger partial charge in [0.1, 0.15) is 11.5 Å². The highest BCUT2D eigenvalue weighted by Crippen LogP contribution is 2.32. The Morgan fingerprint density at radius 3 is 2.30 bits per heavy atom. The normalized spacial score (nSPS) is 10.7. The highest BCUT2D eigenvalue weighted by Gasteiger charge is 2.08. The van der Waals surface area contributed by atoms with Crippen molar-refractivity contribution in [2.45, 2.75) is 20.4 Å². The Kier molecular flexibility index (Phi) is 4.92. The van der Waals surface area contributed by atoms with Crippen LogP contribution < -0.4 is 10.1 Å². The van der Waals surface area contributed by atoms with Crippen molar-refractivity contribution < 1.29 is 4.74 Å². The first-order valence-electron chi connectivity index (χ1n) is 6.39. The molecule has 0 atom stereocenters. The molecule has 1 N–H and O–H groups in total. The van der Waals surface area contributed by atoms with Crippen LogP contribution in [0.2, 0.25) is 10.0 Å². The fraction of sp³-hybridized carbons (Fsp3) is 0.250. The summed E-state index contributed by atoms with van der Waals surface area (Å²) in [5.74, 6) is 1.52. The Morgan fingerprint density at radius 1 is 1.05 bits per heavy atom. The predicted molar refractivity (Wildman–Crippen MR) is 85.2 cm³/mol. The van der Waals surface area contributed by atoms with Crippen LogP contribution in [0.3, 0.4) is 0 Å². The van der Waals surface area contributed by atoms with E-state index in [9.17, 15) is 0 Å². The Morgan fingerprint density at radius 2 is 1.70 bits per heavy atom. The molecule has 0 spiro atoms. The van der Waals surface area contributed by atoms with Crippen LogP contribution in [-0.4, -0.2) is 7.05 Å². The molecule has 0 saturated carbocycles. The van der Waals surface area contributed by atoms with Crippen LogP contribution in [0.5, 0.6) is 11.5 Å². The van der Waals surface area contributed by atoms with Gasteiger partial charge in [0.15, 0.2) is 0 Å². The number of rotatable bonds is 4. The molecule has 2 nitrogen and oxygen atoms in total. The van der Waals surface area contributed by atoms with E-state index in [1.54, 1.807) is 0 Å². The largest absolute Gasteiger partial charge is 0.457 e. The molecule has 0 aliphatic carbocycles. The highest BCUT2D eigenvalue weighted by molar-refractivity contribution is 6.32. The van der Waals surface area contributed by atoms with E-state index in [1.165, 1.54) is 0 Å². The zero-order chi connectivity index (χ0) is 14.7.